The smallest absolute Gasteiger partial charge is 0.231 e. The lowest BCUT2D eigenvalue weighted by molar-refractivity contribution is -0.142. The third-order valence-electron chi connectivity index (χ3n) is 3.72. The molecule has 0 unspecified atom stereocenters. The zero-order valence-electron chi connectivity index (χ0n) is 13.7. The van der Waals surface area contributed by atoms with Crippen molar-refractivity contribution in [3.05, 3.63) is 5.01 Å². The zero-order valence-corrected chi connectivity index (χ0v) is 14.5. The SMILES string of the molecule is CCc1nnc(NC(=O)[C@@H]2CCCN(C(=O)C(C)(C)C)C2)s1. The lowest BCUT2D eigenvalue weighted by Gasteiger charge is -2.35. The van der Waals surface area contributed by atoms with E-state index < -0.39 is 5.41 Å². The summed E-state index contributed by atoms with van der Waals surface area (Å²) in [4.78, 5) is 26.5. The second-order valence-corrected chi connectivity index (χ2v) is 7.75. The number of carbonyl (C=O) groups excluding carboxylic acids is 2. The average molecular weight is 324 g/mol. The molecule has 1 aromatic heterocycles. The first-order valence-corrected chi connectivity index (χ1v) is 8.55. The summed E-state index contributed by atoms with van der Waals surface area (Å²) in [5, 5.41) is 12.3. The molecule has 1 aliphatic rings. The number of nitrogens with zero attached hydrogens (tertiary/aromatic N) is 3. The van der Waals surface area contributed by atoms with Crippen molar-refractivity contribution >= 4 is 28.3 Å². The molecule has 22 heavy (non-hydrogen) atoms. The van der Waals surface area contributed by atoms with Gasteiger partial charge in [-0.15, -0.1) is 10.2 Å². The van der Waals surface area contributed by atoms with Crippen molar-refractivity contribution in [2.24, 2.45) is 11.3 Å². The minimum atomic E-state index is -0.409. The number of piperidine rings is 1. The molecule has 7 heteroatoms. The van der Waals surface area contributed by atoms with Crippen LogP contribution < -0.4 is 5.32 Å². The van der Waals surface area contributed by atoms with Crippen LogP contribution in [0.25, 0.3) is 0 Å². The normalized spacial score (nSPS) is 19.1. The van der Waals surface area contributed by atoms with E-state index in [-0.39, 0.29) is 17.7 Å². The third kappa shape index (κ3) is 4.03. The summed E-state index contributed by atoms with van der Waals surface area (Å²) in [6, 6.07) is 0. The van der Waals surface area contributed by atoms with E-state index in [1.165, 1.54) is 11.3 Å². The molecule has 0 bridgehead atoms. The highest BCUT2D eigenvalue weighted by Crippen LogP contribution is 2.25. The molecule has 0 saturated carbocycles. The minimum absolute atomic E-state index is 0.0646. The molecule has 2 rings (SSSR count). The number of hydrogen-bond donors (Lipinski definition) is 1. The Labute approximate surface area is 135 Å². The lowest BCUT2D eigenvalue weighted by Crippen LogP contribution is -2.47. The molecule has 1 fully saturated rings. The number of nitrogens with one attached hydrogen (secondary N) is 1. The topological polar surface area (TPSA) is 75.2 Å². The summed E-state index contributed by atoms with van der Waals surface area (Å²) < 4.78 is 0. The van der Waals surface area contributed by atoms with Crippen molar-refractivity contribution in [3.8, 4) is 0 Å². The molecule has 1 aliphatic heterocycles. The van der Waals surface area contributed by atoms with Gasteiger partial charge in [0.2, 0.25) is 16.9 Å². The Morgan fingerprint density at radius 3 is 2.68 bits per heavy atom. The molecule has 1 saturated heterocycles. The minimum Gasteiger partial charge on any atom is -0.341 e. The van der Waals surface area contributed by atoms with Crippen LogP contribution in [0.1, 0.15) is 45.5 Å². The second-order valence-electron chi connectivity index (χ2n) is 6.68. The van der Waals surface area contributed by atoms with Gasteiger partial charge in [-0.2, -0.15) is 0 Å². The molecule has 2 amide bonds. The zero-order chi connectivity index (χ0) is 16.3. The first-order valence-electron chi connectivity index (χ1n) is 7.74. The number of amides is 2. The Morgan fingerprint density at radius 2 is 2.09 bits per heavy atom. The molecular formula is C15H24N4O2S. The van der Waals surface area contributed by atoms with Gasteiger partial charge in [-0.1, -0.05) is 39.0 Å². The standard InChI is InChI=1S/C15H24N4O2S/c1-5-11-17-18-14(22-11)16-12(20)10-7-6-8-19(9-10)13(21)15(2,3)4/h10H,5-9H2,1-4H3,(H,16,18,20)/t10-/m1/s1. The van der Waals surface area contributed by atoms with E-state index in [1.54, 1.807) is 0 Å². The largest absolute Gasteiger partial charge is 0.341 e. The van der Waals surface area contributed by atoms with Gasteiger partial charge in [0.05, 0.1) is 5.92 Å². The fourth-order valence-corrected chi connectivity index (χ4v) is 3.19. The van der Waals surface area contributed by atoms with Crippen molar-refractivity contribution in [1.29, 1.82) is 0 Å². The molecule has 0 radical (unpaired) electrons. The maximum Gasteiger partial charge on any atom is 0.231 e. The fraction of sp³-hybridized carbons (Fsp3) is 0.733. The van der Waals surface area contributed by atoms with E-state index in [4.69, 9.17) is 0 Å². The van der Waals surface area contributed by atoms with E-state index in [9.17, 15) is 9.59 Å². The molecular weight excluding hydrogens is 300 g/mol. The Hall–Kier alpha value is -1.50. The third-order valence-corrected chi connectivity index (χ3v) is 4.70. The van der Waals surface area contributed by atoms with E-state index in [0.717, 1.165) is 30.8 Å². The summed E-state index contributed by atoms with van der Waals surface area (Å²) in [6.07, 6.45) is 2.47. The number of rotatable bonds is 3. The van der Waals surface area contributed by atoms with E-state index in [2.05, 4.69) is 15.5 Å². The summed E-state index contributed by atoms with van der Waals surface area (Å²) in [6.45, 7) is 8.95. The molecule has 122 valence electrons. The molecule has 1 aromatic rings. The van der Waals surface area contributed by atoms with Gasteiger partial charge in [0.15, 0.2) is 0 Å². The highest BCUT2D eigenvalue weighted by Gasteiger charge is 2.33. The first-order chi connectivity index (χ1) is 10.3. The lowest BCUT2D eigenvalue weighted by atomic mass is 9.91. The number of anilines is 1. The molecule has 0 spiro atoms. The second kappa shape index (κ2) is 6.73. The van der Waals surface area contributed by atoms with E-state index in [1.807, 2.05) is 32.6 Å². The maximum atomic E-state index is 12.4. The van der Waals surface area contributed by atoms with Gasteiger partial charge in [0, 0.05) is 18.5 Å². The van der Waals surface area contributed by atoms with Crippen LogP contribution >= 0.6 is 11.3 Å². The molecule has 1 N–H and O–H groups in total. The maximum absolute atomic E-state index is 12.4. The van der Waals surface area contributed by atoms with Gasteiger partial charge in [-0.05, 0) is 19.3 Å². The highest BCUT2D eigenvalue weighted by molar-refractivity contribution is 7.15. The molecule has 2 heterocycles. The number of likely N-dealkylation sites (tertiary alicyclic amines) is 1. The number of hydrogen-bond acceptors (Lipinski definition) is 5. The van der Waals surface area contributed by atoms with Gasteiger partial charge in [-0.3, -0.25) is 9.59 Å². The molecule has 0 aromatic carbocycles. The van der Waals surface area contributed by atoms with Crippen molar-refractivity contribution in [1.82, 2.24) is 15.1 Å². The van der Waals surface area contributed by atoms with E-state index in [0.29, 0.717) is 11.7 Å². The fourth-order valence-electron chi connectivity index (χ4n) is 2.50. The summed E-state index contributed by atoms with van der Waals surface area (Å²) in [7, 11) is 0. The van der Waals surface area contributed by atoms with Crippen LogP contribution in [0.3, 0.4) is 0 Å². The predicted octanol–water partition coefficient (Wildman–Crippen LogP) is 2.32. The van der Waals surface area contributed by atoms with Gasteiger partial charge >= 0.3 is 0 Å². The Balaban J connectivity index is 1.96. The predicted molar refractivity (Wildman–Crippen MR) is 86.7 cm³/mol. The van der Waals surface area contributed by atoms with Crippen molar-refractivity contribution in [3.63, 3.8) is 0 Å². The quantitative estimate of drug-likeness (QED) is 0.926. The molecule has 1 atom stereocenters. The van der Waals surface area contributed by atoms with Gasteiger partial charge in [0.25, 0.3) is 0 Å². The molecule has 6 nitrogen and oxygen atoms in total. The van der Waals surface area contributed by atoms with Gasteiger partial charge in [-0.25, -0.2) is 0 Å². The summed E-state index contributed by atoms with van der Waals surface area (Å²) >= 11 is 1.40. The van der Waals surface area contributed by atoms with Crippen LogP contribution in [0, 0.1) is 11.3 Å². The van der Waals surface area contributed by atoms with Crippen LogP contribution in [0.5, 0.6) is 0 Å². The van der Waals surface area contributed by atoms with Crippen molar-refractivity contribution in [2.75, 3.05) is 18.4 Å². The van der Waals surface area contributed by atoms with Crippen LogP contribution in [-0.2, 0) is 16.0 Å². The highest BCUT2D eigenvalue weighted by atomic mass is 32.1. The van der Waals surface area contributed by atoms with Gasteiger partial charge in [0.1, 0.15) is 5.01 Å². The molecule has 0 aliphatic carbocycles. The Bertz CT molecular complexity index is 550. The van der Waals surface area contributed by atoms with Crippen molar-refractivity contribution < 1.29 is 9.59 Å². The average Bonchev–Trinajstić information content (AvgIpc) is 2.93. The van der Waals surface area contributed by atoms with Crippen LogP contribution in [0.4, 0.5) is 5.13 Å². The number of aryl methyl sites for hydroxylation is 1. The van der Waals surface area contributed by atoms with Crippen molar-refractivity contribution in [2.45, 2.75) is 47.0 Å². The van der Waals surface area contributed by atoms with E-state index >= 15 is 0 Å². The summed E-state index contributed by atoms with van der Waals surface area (Å²) in [5.41, 5.74) is -0.409. The number of aromatic nitrogens is 2. The monoisotopic (exact) mass is 324 g/mol. The van der Waals surface area contributed by atoms with Crippen LogP contribution in [0.15, 0.2) is 0 Å². The van der Waals surface area contributed by atoms with Gasteiger partial charge < -0.3 is 10.2 Å². The number of carbonyl (C=O) groups is 2. The summed E-state index contributed by atoms with van der Waals surface area (Å²) in [5.74, 6) is -0.131. The Kier molecular flexibility index (Phi) is 5.16. The van der Waals surface area contributed by atoms with Crippen LogP contribution in [0.2, 0.25) is 0 Å². The first kappa shape index (κ1) is 16.9. The Morgan fingerprint density at radius 1 is 1.36 bits per heavy atom. The van der Waals surface area contributed by atoms with Crippen LogP contribution in [-0.4, -0.2) is 40.0 Å².